The summed E-state index contributed by atoms with van der Waals surface area (Å²) in [4.78, 5) is 15.9. The van der Waals surface area contributed by atoms with E-state index in [1.807, 2.05) is 6.07 Å². The first-order valence-corrected chi connectivity index (χ1v) is 6.62. The molecule has 0 saturated carbocycles. The van der Waals surface area contributed by atoms with Crippen LogP contribution < -0.4 is 14.8 Å². The van der Waals surface area contributed by atoms with Crippen molar-refractivity contribution in [3.05, 3.63) is 52.8 Å². The zero-order valence-electron chi connectivity index (χ0n) is 11.7. The number of benzene rings is 1. The number of ether oxygens (including phenoxy) is 2. The summed E-state index contributed by atoms with van der Waals surface area (Å²) in [6, 6.07) is 8.60. The maximum absolute atomic E-state index is 12.0. The molecule has 2 aromatic rings. The van der Waals surface area contributed by atoms with E-state index in [1.54, 1.807) is 38.5 Å². The first kappa shape index (κ1) is 15.1. The molecule has 0 spiro atoms. The first-order chi connectivity index (χ1) is 10.1. The number of methoxy groups -OCH3 is 2. The van der Waals surface area contributed by atoms with Crippen LogP contribution in [0.1, 0.15) is 15.9 Å². The zero-order chi connectivity index (χ0) is 15.2. The Balaban J connectivity index is 2.08. The van der Waals surface area contributed by atoms with Crippen LogP contribution in [0.25, 0.3) is 0 Å². The van der Waals surface area contributed by atoms with Crippen LogP contribution in [-0.4, -0.2) is 25.1 Å². The van der Waals surface area contributed by atoms with Gasteiger partial charge in [-0.25, -0.2) is 4.98 Å². The van der Waals surface area contributed by atoms with E-state index in [9.17, 15) is 4.79 Å². The number of amides is 1. The molecule has 2 rings (SSSR count). The van der Waals surface area contributed by atoms with Gasteiger partial charge in [0.1, 0.15) is 16.7 Å². The van der Waals surface area contributed by atoms with Gasteiger partial charge in [0, 0.05) is 18.3 Å². The molecular weight excluding hydrogens is 292 g/mol. The first-order valence-electron chi connectivity index (χ1n) is 6.24. The second-order valence-corrected chi connectivity index (χ2v) is 4.62. The number of carbonyl (C=O) groups is 1. The van der Waals surface area contributed by atoms with Crippen LogP contribution >= 0.6 is 11.6 Å². The Kier molecular flexibility index (Phi) is 5.00. The zero-order valence-corrected chi connectivity index (χ0v) is 12.5. The largest absolute Gasteiger partial charge is 0.497 e. The number of halogens is 1. The molecule has 1 heterocycles. The Bertz CT molecular complexity index is 629. The molecule has 6 heteroatoms. The molecule has 1 N–H and O–H groups in total. The second kappa shape index (κ2) is 6.95. The fraction of sp³-hybridized carbons (Fsp3) is 0.200. The van der Waals surface area contributed by atoms with Crippen molar-refractivity contribution >= 4 is 17.5 Å². The molecule has 21 heavy (non-hydrogen) atoms. The molecular formula is C15H15ClN2O3. The Morgan fingerprint density at radius 1 is 1.24 bits per heavy atom. The fourth-order valence-corrected chi connectivity index (χ4v) is 1.92. The Hall–Kier alpha value is -2.27. The molecule has 1 amide bonds. The Morgan fingerprint density at radius 2 is 2.05 bits per heavy atom. The number of pyridine rings is 1. The molecule has 110 valence electrons. The lowest BCUT2D eigenvalue weighted by Gasteiger charge is -2.11. The lowest BCUT2D eigenvalue weighted by molar-refractivity contribution is 0.0950. The van der Waals surface area contributed by atoms with Crippen LogP contribution in [0, 0.1) is 0 Å². The third kappa shape index (κ3) is 3.86. The van der Waals surface area contributed by atoms with Gasteiger partial charge >= 0.3 is 0 Å². The van der Waals surface area contributed by atoms with E-state index < -0.39 is 0 Å². The number of rotatable bonds is 5. The molecule has 0 atom stereocenters. The number of hydrogen-bond donors (Lipinski definition) is 1. The topological polar surface area (TPSA) is 60.5 Å². The van der Waals surface area contributed by atoms with E-state index in [4.69, 9.17) is 21.1 Å². The monoisotopic (exact) mass is 306 g/mol. The molecule has 0 fully saturated rings. The summed E-state index contributed by atoms with van der Waals surface area (Å²) in [6.07, 6.45) is 1.43. The molecule has 5 nitrogen and oxygen atoms in total. The maximum atomic E-state index is 12.0. The highest BCUT2D eigenvalue weighted by Crippen LogP contribution is 2.23. The summed E-state index contributed by atoms with van der Waals surface area (Å²) in [5, 5.41) is 3.15. The van der Waals surface area contributed by atoms with Gasteiger partial charge < -0.3 is 14.8 Å². The summed E-state index contributed by atoms with van der Waals surface area (Å²) in [5.41, 5.74) is 1.27. The normalized spacial score (nSPS) is 10.0. The average molecular weight is 307 g/mol. The Morgan fingerprint density at radius 3 is 2.67 bits per heavy atom. The molecule has 0 unspecified atom stereocenters. The minimum Gasteiger partial charge on any atom is -0.497 e. The summed E-state index contributed by atoms with van der Waals surface area (Å²) in [6.45, 7) is 0.321. The van der Waals surface area contributed by atoms with Crippen molar-refractivity contribution in [1.82, 2.24) is 10.3 Å². The Labute approximate surface area is 127 Å². The lowest BCUT2D eigenvalue weighted by Crippen LogP contribution is -2.23. The molecule has 0 aliphatic rings. The van der Waals surface area contributed by atoms with E-state index in [2.05, 4.69) is 10.3 Å². The van der Waals surface area contributed by atoms with Gasteiger partial charge in [0.2, 0.25) is 0 Å². The number of carbonyl (C=O) groups excluding carboxylic acids is 1. The predicted octanol–water partition coefficient (Wildman–Crippen LogP) is 2.68. The molecule has 0 saturated heterocycles. The number of aromatic nitrogens is 1. The predicted molar refractivity (Wildman–Crippen MR) is 80.0 cm³/mol. The van der Waals surface area contributed by atoms with Gasteiger partial charge in [0.15, 0.2) is 0 Å². The quantitative estimate of drug-likeness (QED) is 0.863. The highest BCUT2D eigenvalue weighted by Gasteiger charge is 2.09. The molecule has 0 bridgehead atoms. The fourth-order valence-electron chi connectivity index (χ4n) is 1.81. The summed E-state index contributed by atoms with van der Waals surface area (Å²) in [7, 11) is 3.17. The molecule has 0 radical (unpaired) electrons. The number of hydrogen-bond acceptors (Lipinski definition) is 4. The SMILES string of the molecule is COc1ccc(OC)c(CNC(=O)c2ccc(Cl)nc2)c1. The van der Waals surface area contributed by atoms with Crippen molar-refractivity contribution < 1.29 is 14.3 Å². The van der Waals surface area contributed by atoms with Crippen molar-refractivity contribution in [1.29, 1.82) is 0 Å². The average Bonchev–Trinajstić information content (AvgIpc) is 2.52. The van der Waals surface area contributed by atoms with Gasteiger partial charge in [-0.1, -0.05) is 11.6 Å². The van der Waals surface area contributed by atoms with Crippen LogP contribution in [0.4, 0.5) is 0 Å². The van der Waals surface area contributed by atoms with Gasteiger partial charge in [0.05, 0.1) is 19.8 Å². The van der Waals surface area contributed by atoms with Crippen LogP contribution in [0.15, 0.2) is 36.5 Å². The minimum absolute atomic E-state index is 0.232. The smallest absolute Gasteiger partial charge is 0.253 e. The van der Waals surface area contributed by atoms with Crippen LogP contribution in [0.5, 0.6) is 11.5 Å². The van der Waals surface area contributed by atoms with E-state index >= 15 is 0 Å². The van der Waals surface area contributed by atoms with E-state index in [0.717, 1.165) is 5.56 Å². The van der Waals surface area contributed by atoms with Gasteiger partial charge in [-0.3, -0.25) is 4.79 Å². The summed E-state index contributed by atoms with van der Waals surface area (Å²) >= 11 is 5.69. The standard InChI is InChI=1S/C15H15ClN2O3/c1-20-12-4-5-13(21-2)11(7-12)9-18-15(19)10-3-6-14(16)17-8-10/h3-8H,9H2,1-2H3,(H,18,19). The maximum Gasteiger partial charge on any atom is 0.253 e. The molecule has 1 aromatic heterocycles. The second-order valence-electron chi connectivity index (χ2n) is 4.23. The number of nitrogens with zero attached hydrogens (tertiary/aromatic N) is 1. The van der Waals surface area contributed by atoms with Crippen molar-refractivity contribution in [3.63, 3.8) is 0 Å². The minimum atomic E-state index is -0.232. The van der Waals surface area contributed by atoms with Crippen molar-refractivity contribution in [2.75, 3.05) is 14.2 Å². The molecule has 0 aliphatic carbocycles. The molecule has 1 aromatic carbocycles. The highest BCUT2D eigenvalue weighted by molar-refractivity contribution is 6.29. The van der Waals surface area contributed by atoms with Crippen molar-refractivity contribution in [2.24, 2.45) is 0 Å². The van der Waals surface area contributed by atoms with Crippen LogP contribution in [-0.2, 0) is 6.54 Å². The third-order valence-electron chi connectivity index (χ3n) is 2.92. The van der Waals surface area contributed by atoms with E-state index in [0.29, 0.717) is 28.8 Å². The van der Waals surface area contributed by atoms with E-state index in [1.165, 1.54) is 6.20 Å². The molecule has 0 aliphatic heterocycles. The number of nitrogens with one attached hydrogen (secondary N) is 1. The van der Waals surface area contributed by atoms with Gasteiger partial charge in [-0.05, 0) is 30.3 Å². The highest BCUT2D eigenvalue weighted by atomic mass is 35.5. The summed E-state index contributed by atoms with van der Waals surface area (Å²) in [5.74, 6) is 1.16. The van der Waals surface area contributed by atoms with Crippen molar-refractivity contribution in [3.8, 4) is 11.5 Å². The lowest BCUT2D eigenvalue weighted by atomic mass is 10.1. The van der Waals surface area contributed by atoms with Crippen LogP contribution in [0.2, 0.25) is 5.15 Å². The van der Waals surface area contributed by atoms with E-state index in [-0.39, 0.29) is 5.91 Å². The van der Waals surface area contributed by atoms with Gasteiger partial charge in [-0.2, -0.15) is 0 Å². The van der Waals surface area contributed by atoms with Gasteiger partial charge in [-0.15, -0.1) is 0 Å². The summed E-state index contributed by atoms with van der Waals surface area (Å²) < 4.78 is 10.4. The van der Waals surface area contributed by atoms with Crippen LogP contribution in [0.3, 0.4) is 0 Å². The third-order valence-corrected chi connectivity index (χ3v) is 3.14. The van der Waals surface area contributed by atoms with Crippen molar-refractivity contribution in [2.45, 2.75) is 6.54 Å². The van der Waals surface area contributed by atoms with Gasteiger partial charge in [0.25, 0.3) is 5.91 Å².